The molecule has 0 aromatic heterocycles. The molecule has 1 atom stereocenters. The van der Waals surface area contributed by atoms with Crippen LogP contribution in [0, 0.1) is 5.92 Å². The summed E-state index contributed by atoms with van der Waals surface area (Å²) in [6.07, 6.45) is 9.42. The number of amides is 1. The fraction of sp³-hybridized carbons (Fsp3) is 0.933. The Balaban J connectivity index is 1.77. The van der Waals surface area contributed by atoms with E-state index in [-0.39, 0.29) is 17.7 Å². The van der Waals surface area contributed by atoms with Crippen molar-refractivity contribution >= 4 is 15.7 Å². The van der Waals surface area contributed by atoms with Crippen LogP contribution in [0.5, 0.6) is 0 Å². The lowest BCUT2D eigenvalue weighted by molar-refractivity contribution is -0.125. The molecule has 0 unspecified atom stereocenters. The molecule has 0 aromatic rings. The summed E-state index contributed by atoms with van der Waals surface area (Å²) in [6.45, 7) is 2.09. The van der Waals surface area contributed by atoms with Gasteiger partial charge in [0.15, 0.2) is 0 Å². The highest BCUT2D eigenvalue weighted by Crippen LogP contribution is 2.23. The van der Waals surface area contributed by atoms with Crippen LogP contribution in [0.25, 0.3) is 0 Å². The van der Waals surface area contributed by atoms with E-state index in [0.29, 0.717) is 12.5 Å². The van der Waals surface area contributed by atoms with Gasteiger partial charge in [0, 0.05) is 19.3 Å². The second-order valence-corrected chi connectivity index (χ2v) is 8.83. The summed E-state index contributed by atoms with van der Waals surface area (Å²) in [5, 5.41) is 3.09. The predicted molar refractivity (Wildman–Crippen MR) is 83.9 cm³/mol. The van der Waals surface area contributed by atoms with E-state index in [0.717, 1.165) is 25.9 Å². The zero-order valence-electron chi connectivity index (χ0n) is 13.0. The van der Waals surface area contributed by atoms with Gasteiger partial charge in [0.1, 0.15) is 9.84 Å². The van der Waals surface area contributed by atoms with E-state index in [1.165, 1.54) is 38.4 Å². The lowest BCUT2D eigenvalue weighted by Gasteiger charge is -2.26. The maximum absolute atomic E-state index is 12.3. The molecular formula is C15H28N2O3S. The predicted octanol–water partition coefficient (Wildman–Crippen LogP) is 1.19. The number of carbonyl (C=O) groups is 1. The second-order valence-electron chi connectivity index (χ2n) is 6.57. The number of sulfone groups is 1. The number of likely N-dealkylation sites (tertiary alicyclic amines) is 1. The van der Waals surface area contributed by atoms with Crippen LogP contribution in [0.4, 0.5) is 0 Å². The quantitative estimate of drug-likeness (QED) is 0.799. The highest BCUT2D eigenvalue weighted by Gasteiger charge is 2.31. The third-order valence-corrected chi connectivity index (χ3v) is 5.63. The number of hydrogen-bond acceptors (Lipinski definition) is 4. The molecular weight excluding hydrogens is 288 g/mol. The van der Waals surface area contributed by atoms with Crippen molar-refractivity contribution in [2.45, 2.75) is 51.0 Å². The van der Waals surface area contributed by atoms with Gasteiger partial charge in [0.05, 0.1) is 11.8 Å². The van der Waals surface area contributed by atoms with Crippen LogP contribution in [0.3, 0.4) is 0 Å². The summed E-state index contributed by atoms with van der Waals surface area (Å²) in [4.78, 5) is 14.3. The Bertz CT molecular complexity index is 444. The molecule has 1 saturated carbocycles. The lowest BCUT2D eigenvalue weighted by atomic mass is 9.89. The van der Waals surface area contributed by atoms with Crippen molar-refractivity contribution in [2.24, 2.45) is 5.92 Å². The summed E-state index contributed by atoms with van der Waals surface area (Å²) < 4.78 is 22.5. The zero-order chi connectivity index (χ0) is 15.3. The van der Waals surface area contributed by atoms with Crippen molar-refractivity contribution in [2.75, 3.05) is 31.6 Å². The lowest BCUT2D eigenvalue weighted by Crippen LogP contribution is -2.46. The number of rotatable bonds is 6. The number of carbonyl (C=O) groups excluding carboxylic acids is 1. The Labute approximate surface area is 128 Å². The SMILES string of the molecule is CS(=O)(=O)CCN1CCC[C@H]1C(=O)NCC1CCCCC1. The van der Waals surface area contributed by atoms with Gasteiger partial charge in [0.2, 0.25) is 5.91 Å². The van der Waals surface area contributed by atoms with E-state index in [4.69, 9.17) is 0 Å². The molecule has 1 heterocycles. The van der Waals surface area contributed by atoms with Gasteiger partial charge in [-0.3, -0.25) is 9.69 Å². The van der Waals surface area contributed by atoms with Gasteiger partial charge in [-0.05, 0) is 38.1 Å². The average molecular weight is 316 g/mol. The van der Waals surface area contributed by atoms with Gasteiger partial charge in [0.25, 0.3) is 0 Å². The highest BCUT2D eigenvalue weighted by atomic mass is 32.2. The summed E-state index contributed by atoms with van der Waals surface area (Å²) in [5.41, 5.74) is 0. The van der Waals surface area contributed by atoms with Crippen molar-refractivity contribution < 1.29 is 13.2 Å². The standard InChI is InChI=1S/C15H28N2O3S/c1-21(19,20)11-10-17-9-5-8-14(17)15(18)16-12-13-6-3-2-4-7-13/h13-14H,2-12H2,1H3,(H,16,18)/t14-/m0/s1. The smallest absolute Gasteiger partial charge is 0.237 e. The average Bonchev–Trinajstić information content (AvgIpc) is 2.91. The van der Waals surface area contributed by atoms with Gasteiger partial charge in [-0.1, -0.05) is 19.3 Å². The fourth-order valence-electron chi connectivity index (χ4n) is 3.43. The largest absolute Gasteiger partial charge is 0.354 e. The minimum atomic E-state index is -2.96. The fourth-order valence-corrected chi connectivity index (χ4v) is 3.99. The van der Waals surface area contributed by atoms with E-state index in [2.05, 4.69) is 5.32 Å². The maximum Gasteiger partial charge on any atom is 0.237 e. The molecule has 6 heteroatoms. The molecule has 0 radical (unpaired) electrons. The Hall–Kier alpha value is -0.620. The molecule has 2 rings (SSSR count). The van der Waals surface area contributed by atoms with Crippen LogP contribution < -0.4 is 5.32 Å². The molecule has 0 spiro atoms. The van der Waals surface area contributed by atoms with E-state index in [1.54, 1.807) is 0 Å². The molecule has 1 amide bonds. The van der Waals surface area contributed by atoms with Crippen molar-refractivity contribution in [3.05, 3.63) is 0 Å². The molecule has 1 N–H and O–H groups in total. The first kappa shape index (κ1) is 16.7. The zero-order valence-corrected chi connectivity index (χ0v) is 13.8. The molecule has 0 aromatic carbocycles. The van der Waals surface area contributed by atoms with E-state index >= 15 is 0 Å². The Morgan fingerprint density at radius 1 is 1.14 bits per heavy atom. The number of nitrogens with one attached hydrogen (secondary N) is 1. The van der Waals surface area contributed by atoms with Crippen LogP contribution in [-0.2, 0) is 14.6 Å². The first-order valence-electron chi connectivity index (χ1n) is 8.15. The van der Waals surface area contributed by atoms with Gasteiger partial charge >= 0.3 is 0 Å². The highest BCUT2D eigenvalue weighted by molar-refractivity contribution is 7.90. The van der Waals surface area contributed by atoms with Crippen LogP contribution >= 0.6 is 0 Å². The van der Waals surface area contributed by atoms with Gasteiger partial charge in [-0.15, -0.1) is 0 Å². The van der Waals surface area contributed by atoms with Crippen LogP contribution in [-0.4, -0.2) is 56.9 Å². The van der Waals surface area contributed by atoms with E-state index in [1.807, 2.05) is 4.90 Å². The summed E-state index contributed by atoms with van der Waals surface area (Å²) in [5.74, 6) is 0.861. The number of nitrogens with zero attached hydrogens (tertiary/aromatic N) is 1. The topological polar surface area (TPSA) is 66.5 Å². The van der Waals surface area contributed by atoms with Crippen LogP contribution in [0.15, 0.2) is 0 Å². The van der Waals surface area contributed by atoms with Crippen molar-refractivity contribution in [1.29, 1.82) is 0 Å². The first-order chi connectivity index (χ1) is 9.96. The summed E-state index contributed by atoms with van der Waals surface area (Å²) in [7, 11) is -2.96. The molecule has 2 fully saturated rings. The van der Waals surface area contributed by atoms with Gasteiger partial charge in [-0.2, -0.15) is 0 Å². The monoisotopic (exact) mass is 316 g/mol. The second kappa shape index (κ2) is 7.58. The Morgan fingerprint density at radius 3 is 2.52 bits per heavy atom. The minimum absolute atomic E-state index is 0.0894. The van der Waals surface area contributed by atoms with E-state index < -0.39 is 9.84 Å². The minimum Gasteiger partial charge on any atom is -0.354 e. The normalized spacial score (nSPS) is 25.1. The maximum atomic E-state index is 12.3. The van der Waals surface area contributed by atoms with E-state index in [9.17, 15) is 13.2 Å². The Kier molecular flexibility index (Phi) is 6.05. The molecule has 1 saturated heterocycles. The third kappa shape index (κ3) is 5.58. The van der Waals surface area contributed by atoms with Gasteiger partial charge in [-0.25, -0.2) is 8.42 Å². The third-order valence-electron chi connectivity index (χ3n) is 4.71. The molecule has 21 heavy (non-hydrogen) atoms. The van der Waals surface area contributed by atoms with Crippen molar-refractivity contribution in [3.8, 4) is 0 Å². The Morgan fingerprint density at radius 2 is 1.86 bits per heavy atom. The number of hydrogen-bond donors (Lipinski definition) is 1. The molecule has 0 bridgehead atoms. The molecule has 122 valence electrons. The first-order valence-corrected chi connectivity index (χ1v) is 10.2. The van der Waals surface area contributed by atoms with Crippen LogP contribution in [0.2, 0.25) is 0 Å². The summed E-state index contributed by atoms with van der Waals surface area (Å²) in [6, 6.07) is -0.129. The van der Waals surface area contributed by atoms with Crippen LogP contribution in [0.1, 0.15) is 44.9 Å². The molecule has 1 aliphatic heterocycles. The summed E-state index contributed by atoms with van der Waals surface area (Å²) >= 11 is 0. The molecule has 1 aliphatic carbocycles. The molecule has 5 nitrogen and oxygen atoms in total. The molecule has 2 aliphatic rings. The van der Waals surface area contributed by atoms with Crippen molar-refractivity contribution in [1.82, 2.24) is 10.2 Å². The van der Waals surface area contributed by atoms with Gasteiger partial charge < -0.3 is 5.32 Å². The van der Waals surface area contributed by atoms with Crippen molar-refractivity contribution in [3.63, 3.8) is 0 Å².